The molecule has 35 heavy (non-hydrogen) atoms. The minimum Gasteiger partial charge on any atom is -0.100 e. The van der Waals surface area contributed by atoms with Gasteiger partial charge in [-0.25, -0.2) is 0 Å². The van der Waals surface area contributed by atoms with Crippen LogP contribution in [0.2, 0.25) is 0 Å². The summed E-state index contributed by atoms with van der Waals surface area (Å²) in [4.78, 5) is -2.22. The standard InChI is InChI=1S/C28H29BCl6/c1-13-7-16(4)22(19(10-13)25(30)31)28(29,23-17(5)8-14(2)11-20(23)26(32)33)24-18(6)9-15(3)12-21(24)27(34)35/h7-12,25-27H,29H2,1-6H3. The first kappa shape index (κ1) is 29.0. The maximum atomic E-state index is 6.63. The van der Waals surface area contributed by atoms with Gasteiger partial charge in [0.2, 0.25) is 0 Å². The summed E-state index contributed by atoms with van der Waals surface area (Å²) in [6, 6.07) is 12.6. The van der Waals surface area contributed by atoms with Crippen LogP contribution >= 0.6 is 69.6 Å². The Balaban J connectivity index is 2.69. The zero-order valence-electron chi connectivity index (χ0n) is 21.0. The van der Waals surface area contributed by atoms with Crippen LogP contribution in [0.3, 0.4) is 0 Å². The molecule has 0 radical (unpaired) electrons. The highest BCUT2D eigenvalue weighted by molar-refractivity contribution is 6.45. The molecule has 0 aliphatic rings. The Bertz CT molecular complexity index is 1110. The van der Waals surface area contributed by atoms with Gasteiger partial charge in [0.1, 0.15) is 22.4 Å². The van der Waals surface area contributed by atoms with Crippen LogP contribution in [-0.4, -0.2) is 7.85 Å². The van der Waals surface area contributed by atoms with E-state index in [1.807, 2.05) is 20.8 Å². The number of hydrogen-bond acceptors (Lipinski definition) is 0. The Morgan fingerprint density at radius 3 is 0.914 bits per heavy atom. The van der Waals surface area contributed by atoms with Gasteiger partial charge in [-0.15, -0.1) is 69.6 Å². The molecule has 0 heterocycles. The average Bonchev–Trinajstić information content (AvgIpc) is 2.71. The van der Waals surface area contributed by atoms with Gasteiger partial charge in [0, 0.05) is 5.31 Å². The molecular weight excluding hydrogens is 560 g/mol. The van der Waals surface area contributed by atoms with Crippen LogP contribution < -0.4 is 0 Å². The lowest BCUT2D eigenvalue weighted by molar-refractivity contribution is 0.807. The smallest absolute Gasteiger partial charge is 0.100 e. The van der Waals surface area contributed by atoms with Gasteiger partial charge in [-0.05, 0) is 91.6 Å². The predicted molar refractivity (Wildman–Crippen MR) is 160 cm³/mol. The van der Waals surface area contributed by atoms with Crippen molar-refractivity contribution in [2.75, 3.05) is 0 Å². The molecule has 0 aliphatic carbocycles. The molecule has 3 rings (SSSR count). The molecule has 0 saturated heterocycles. The summed E-state index contributed by atoms with van der Waals surface area (Å²) in [7, 11) is 2.18. The topological polar surface area (TPSA) is 0 Å². The summed E-state index contributed by atoms with van der Waals surface area (Å²) in [5.41, 5.74) is 12.0. The van der Waals surface area contributed by atoms with Crippen LogP contribution in [-0.2, 0) is 5.31 Å². The SMILES string of the molecule is BC(c1c(C)cc(C)cc1C(Cl)Cl)(c1c(C)cc(C)cc1C(Cl)Cl)c1c(C)cc(C)cc1C(Cl)Cl. The van der Waals surface area contributed by atoms with Crippen LogP contribution in [0.15, 0.2) is 36.4 Å². The molecule has 3 aromatic rings. The fraction of sp³-hybridized carbons (Fsp3) is 0.357. The number of hydrogen-bond donors (Lipinski definition) is 0. The third-order valence-electron chi connectivity index (χ3n) is 6.74. The van der Waals surface area contributed by atoms with Crippen LogP contribution in [0.25, 0.3) is 0 Å². The number of benzene rings is 3. The number of alkyl halides is 6. The van der Waals surface area contributed by atoms with Gasteiger partial charge in [0.05, 0.1) is 0 Å². The summed E-state index contributed by atoms with van der Waals surface area (Å²) < 4.78 is 0. The monoisotopic (exact) mass is 586 g/mol. The third kappa shape index (κ3) is 5.52. The first-order valence-electron chi connectivity index (χ1n) is 11.4. The van der Waals surface area contributed by atoms with Crippen molar-refractivity contribution in [3.8, 4) is 0 Å². The van der Waals surface area contributed by atoms with Gasteiger partial charge >= 0.3 is 0 Å². The van der Waals surface area contributed by atoms with Crippen molar-refractivity contribution >= 4 is 77.5 Å². The van der Waals surface area contributed by atoms with Gasteiger partial charge in [0.15, 0.2) is 0 Å². The molecule has 0 fully saturated rings. The Labute approximate surface area is 240 Å². The van der Waals surface area contributed by atoms with Gasteiger partial charge in [-0.2, -0.15) is 0 Å². The largest absolute Gasteiger partial charge is 0.133 e. The lowest BCUT2D eigenvalue weighted by atomic mass is 9.51. The molecular formula is C28H29BCl6. The zero-order chi connectivity index (χ0) is 26.4. The van der Waals surface area contributed by atoms with Crippen molar-refractivity contribution in [3.63, 3.8) is 0 Å². The maximum absolute atomic E-state index is 6.63. The van der Waals surface area contributed by atoms with Gasteiger partial charge < -0.3 is 0 Å². The van der Waals surface area contributed by atoms with Crippen LogP contribution in [0, 0.1) is 41.5 Å². The highest BCUT2D eigenvalue weighted by Gasteiger charge is 2.42. The van der Waals surface area contributed by atoms with Crippen molar-refractivity contribution < 1.29 is 0 Å². The summed E-state index contributed by atoms with van der Waals surface area (Å²) in [6.07, 6.45) is 0. The highest BCUT2D eigenvalue weighted by Crippen LogP contribution is 2.51. The molecule has 0 aromatic heterocycles. The summed E-state index contributed by atoms with van der Waals surface area (Å²) in [5, 5.41) is -0.764. The minimum atomic E-state index is -0.764. The van der Waals surface area contributed by atoms with E-state index in [2.05, 4.69) is 65.0 Å². The number of rotatable bonds is 6. The van der Waals surface area contributed by atoms with E-state index in [9.17, 15) is 0 Å². The van der Waals surface area contributed by atoms with Crippen LogP contribution in [0.4, 0.5) is 0 Å². The summed E-state index contributed by atoms with van der Waals surface area (Å²) >= 11 is 39.8. The van der Waals surface area contributed by atoms with E-state index in [4.69, 9.17) is 69.6 Å². The molecule has 0 aliphatic heterocycles. The molecule has 0 spiro atoms. The van der Waals surface area contributed by atoms with Crippen molar-refractivity contribution in [1.82, 2.24) is 0 Å². The summed E-state index contributed by atoms with van der Waals surface area (Å²) in [5.74, 6) is 0. The lowest BCUT2D eigenvalue weighted by Crippen LogP contribution is -2.36. The minimum absolute atomic E-state index is 0.739. The van der Waals surface area contributed by atoms with E-state index in [0.717, 1.165) is 66.8 Å². The average molecular weight is 589 g/mol. The number of halogens is 6. The van der Waals surface area contributed by atoms with Gasteiger partial charge in [0.25, 0.3) is 0 Å². The summed E-state index contributed by atoms with van der Waals surface area (Å²) in [6.45, 7) is 12.4. The molecule has 0 unspecified atom stereocenters. The Kier molecular flexibility index (Phi) is 9.17. The van der Waals surface area contributed by atoms with Crippen molar-refractivity contribution in [2.45, 2.75) is 61.4 Å². The number of aryl methyl sites for hydroxylation is 6. The third-order valence-corrected chi connectivity index (χ3v) is 8.15. The maximum Gasteiger partial charge on any atom is 0.133 e. The second kappa shape index (κ2) is 11.1. The molecule has 0 saturated carbocycles. The Hall–Kier alpha value is -0.535. The van der Waals surface area contributed by atoms with E-state index < -0.39 is 19.8 Å². The molecule has 0 amide bonds. The Morgan fingerprint density at radius 1 is 0.486 bits per heavy atom. The fourth-order valence-corrected chi connectivity index (χ4v) is 6.97. The first-order chi connectivity index (χ1) is 16.2. The molecule has 3 aromatic carbocycles. The zero-order valence-corrected chi connectivity index (χ0v) is 25.5. The molecule has 0 nitrogen and oxygen atoms in total. The molecule has 0 N–H and O–H groups in total. The molecule has 7 heteroatoms. The van der Waals surface area contributed by atoms with Crippen molar-refractivity contribution in [3.05, 3.63) is 103 Å². The van der Waals surface area contributed by atoms with Crippen molar-refractivity contribution in [2.24, 2.45) is 0 Å². The van der Waals surface area contributed by atoms with Crippen LogP contribution in [0.1, 0.15) is 81.3 Å². The molecule has 186 valence electrons. The predicted octanol–water partition coefficient (Wildman–Crippen LogP) is 9.89. The highest BCUT2D eigenvalue weighted by atomic mass is 35.5. The van der Waals surface area contributed by atoms with E-state index in [0.29, 0.717) is 0 Å². The van der Waals surface area contributed by atoms with E-state index in [1.54, 1.807) is 0 Å². The van der Waals surface area contributed by atoms with E-state index >= 15 is 0 Å². The second-order valence-corrected chi connectivity index (χ2v) is 13.0. The second-order valence-electron chi connectivity index (χ2n) is 9.67. The lowest BCUT2D eigenvalue weighted by Gasteiger charge is -2.41. The van der Waals surface area contributed by atoms with E-state index in [1.165, 1.54) is 0 Å². The Morgan fingerprint density at radius 2 is 0.714 bits per heavy atom. The quantitative estimate of drug-likeness (QED) is 0.153. The molecule has 0 bridgehead atoms. The fourth-order valence-electron chi connectivity index (χ4n) is 5.94. The van der Waals surface area contributed by atoms with Crippen molar-refractivity contribution in [1.29, 1.82) is 0 Å². The van der Waals surface area contributed by atoms with E-state index in [-0.39, 0.29) is 0 Å². The van der Waals surface area contributed by atoms with Gasteiger partial charge in [-0.1, -0.05) is 53.1 Å². The van der Waals surface area contributed by atoms with Gasteiger partial charge in [-0.3, -0.25) is 0 Å². The molecule has 0 atom stereocenters. The van der Waals surface area contributed by atoms with Crippen LogP contribution in [0.5, 0.6) is 0 Å². The normalized spacial score (nSPS) is 12.3. The first-order valence-corrected chi connectivity index (χ1v) is 14.0.